The Labute approximate surface area is 159 Å². The number of hydrogen-bond acceptors (Lipinski definition) is 5. The van der Waals surface area contributed by atoms with Gasteiger partial charge in [0.2, 0.25) is 5.91 Å². The minimum Gasteiger partial charge on any atom is -0.504 e. The highest BCUT2D eigenvalue weighted by Crippen LogP contribution is 2.45. The summed E-state index contributed by atoms with van der Waals surface area (Å²) < 4.78 is 6.24. The van der Waals surface area contributed by atoms with Crippen molar-refractivity contribution in [1.29, 1.82) is 0 Å². The normalized spacial score (nSPS) is 19.2. The van der Waals surface area contributed by atoms with Gasteiger partial charge in [-0.05, 0) is 38.3 Å². The number of fused-ring (bicyclic) bond motifs is 1. The summed E-state index contributed by atoms with van der Waals surface area (Å²) in [6, 6.07) is 0. The van der Waals surface area contributed by atoms with Crippen LogP contribution < -0.4 is 4.90 Å². The van der Waals surface area contributed by atoms with E-state index in [4.69, 9.17) is 16.3 Å². The van der Waals surface area contributed by atoms with Crippen molar-refractivity contribution in [2.45, 2.75) is 39.2 Å². The molecule has 1 aromatic heterocycles. The first-order chi connectivity index (χ1) is 12.3. The van der Waals surface area contributed by atoms with Gasteiger partial charge in [-0.2, -0.15) is 0 Å². The molecule has 0 unspecified atom stereocenters. The van der Waals surface area contributed by atoms with Crippen molar-refractivity contribution in [2.24, 2.45) is 0 Å². The molecule has 3 heterocycles. The molecule has 3 rings (SSSR count). The van der Waals surface area contributed by atoms with E-state index in [9.17, 15) is 9.90 Å². The smallest absolute Gasteiger partial charge is 0.219 e. The fraction of sp³-hybridized carbons (Fsp3) is 0.579. The Morgan fingerprint density at radius 3 is 2.65 bits per heavy atom. The third-order valence-electron chi connectivity index (χ3n) is 5.44. The van der Waals surface area contributed by atoms with Crippen LogP contribution in [0.2, 0.25) is 5.15 Å². The second-order valence-electron chi connectivity index (χ2n) is 7.06. The van der Waals surface area contributed by atoms with E-state index in [2.05, 4.69) is 4.98 Å². The zero-order chi connectivity index (χ0) is 19.1. The van der Waals surface area contributed by atoms with Gasteiger partial charge in [-0.15, -0.1) is 0 Å². The van der Waals surface area contributed by atoms with Crippen molar-refractivity contribution in [2.75, 3.05) is 38.2 Å². The van der Waals surface area contributed by atoms with Crippen LogP contribution in [0.25, 0.3) is 6.08 Å². The highest BCUT2D eigenvalue weighted by atomic mass is 35.5. The Balaban J connectivity index is 2.02. The van der Waals surface area contributed by atoms with E-state index in [1.807, 2.05) is 29.8 Å². The minimum absolute atomic E-state index is 0.0998. The standard InChI is InChI=1S/C19H26ClN3O3/c1-5-26-19(6-8-23(9-7-19)13(3)24)14-10-15-16(22(4)11-14)17(25)12(2)21-18(15)20/h10,25H,5-9,11H2,1-4H3. The molecule has 0 bridgehead atoms. The maximum atomic E-state index is 11.7. The van der Waals surface area contributed by atoms with Gasteiger partial charge in [0, 0.05) is 45.8 Å². The quantitative estimate of drug-likeness (QED) is 0.818. The van der Waals surface area contributed by atoms with Gasteiger partial charge in [0.05, 0.1) is 17.0 Å². The number of carbonyl (C=O) groups is 1. The molecule has 0 aromatic carbocycles. The van der Waals surface area contributed by atoms with E-state index in [-0.39, 0.29) is 11.7 Å². The predicted octanol–water partition coefficient (Wildman–Crippen LogP) is 3.00. The fourth-order valence-corrected chi connectivity index (χ4v) is 4.29. The van der Waals surface area contributed by atoms with E-state index >= 15 is 0 Å². The number of piperidine rings is 1. The summed E-state index contributed by atoms with van der Waals surface area (Å²) in [6.07, 6.45) is 3.51. The molecule has 2 aliphatic rings. The topological polar surface area (TPSA) is 65.9 Å². The monoisotopic (exact) mass is 379 g/mol. The predicted molar refractivity (Wildman–Crippen MR) is 103 cm³/mol. The number of rotatable bonds is 3. The first kappa shape index (κ1) is 19.0. The van der Waals surface area contributed by atoms with Crippen LogP contribution in [-0.2, 0) is 9.53 Å². The molecule has 0 atom stereocenters. The summed E-state index contributed by atoms with van der Waals surface area (Å²) in [5.74, 6) is 0.266. The van der Waals surface area contributed by atoms with Crippen molar-refractivity contribution < 1.29 is 14.6 Å². The molecule has 1 N–H and O–H groups in total. The lowest BCUT2D eigenvalue weighted by atomic mass is 9.81. The van der Waals surface area contributed by atoms with E-state index in [1.165, 1.54) is 0 Å². The number of hydrogen-bond donors (Lipinski definition) is 1. The summed E-state index contributed by atoms with van der Waals surface area (Å²) in [6.45, 7) is 7.92. The summed E-state index contributed by atoms with van der Waals surface area (Å²) in [5, 5.41) is 10.8. The van der Waals surface area contributed by atoms with Crippen molar-refractivity contribution >= 4 is 29.3 Å². The van der Waals surface area contributed by atoms with Crippen molar-refractivity contribution in [3.63, 3.8) is 0 Å². The Morgan fingerprint density at radius 2 is 2.08 bits per heavy atom. The second-order valence-corrected chi connectivity index (χ2v) is 7.42. The maximum Gasteiger partial charge on any atom is 0.219 e. The molecule has 2 aliphatic heterocycles. The highest BCUT2D eigenvalue weighted by molar-refractivity contribution is 6.31. The van der Waals surface area contributed by atoms with Crippen LogP contribution in [0, 0.1) is 6.92 Å². The van der Waals surface area contributed by atoms with Gasteiger partial charge in [-0.25, -0.2) is 4.98 Å². The Kier molecular flexibility index (Phi) is 5.17. The molecule has 142 valence electrons. The minimum atomic E-state index is -0.420. The third kappa shape index (κ3) is 3.16. The average Bonchev–Trinajstić information content (AvgIpc) is 2.60. The first-order valence-corrected chi connectivity index (χ1v) is 9.37. The average molecular weight is 380 g/mol. The Hall–Kier alpha value is -1.79. The number of pyridine rings is 1. The SMILES string of the molecule is CCOC1(C2=Cc3c(Cl)nc(C)c(O)c3N(C)C2)CCN(C(C)=O)CC1. The molecule has 0 radical (unpaired) electrons. The molecule has 1 amide bonds. The van der Waals surface area contributed by atoms with Gasteiger partial charge < -0.3 is 19.6 Å². The second kappa shape index (κ2) is 7.08. The number of halogens is 1. The molecule has 0 aliphatic carbocycles. The number of likely N-dealkylation sites (tertiary alicyclic amines) is 1. The Morgan fingerprint density at radius 1 is 1.42 bits per heavy atom. The van der Waals surface area contributed by atoms with Crippen LogP contribution >= 0.6 is 11.6 Å². The first-order valence-electron chi connectivity index (χ1n) is 8.99. The Bertz CT molecular complexity index is 755. The van der Waals surface area contributed by atoms with Gasteiger partial charge in [0.15, 0.2) is 5.75 Å². The maximum absolute atomic E-state index is 11.7. The molecule has 1 aromatic rings. The number of aryl methyl sites for hydroxylation is 1. The molecule has 0 spiro atoms. The zero-order valence-corrected chi connectivity index (χ0v) is 16.6. The summed E-state index contributed by atoms with van der Waals surface area (Å²) in [5.41, 5.74) is 2.65. The molecule has 6 nitrogen and oxygen atoms in total. The zero-order valence-electron chi connectivity index (χ0n) is 15.8. The molecule has 26 heavy (non-hydrogen) atoms. The summed E-state index contributed by atoms with van der Waals surface area (Å²) in [7, 11) is 1.94. The number of ether oxygens (including phenoxy) is 1. The van der Waals surface area contributed by atoms with Crippen LogP contribution in [0.15, 0.2) is 5.57 Å². The van der Waals surface area contributed by atoms with Crippen molar-refractivity contribution in [1.82, 2.24) is 9.88 Å². The van der Waals surface area contributed by atoms with Crippen LogP contribution in [0.1, 0.15) is 37.9 Å². The van der Waals surface area contributed by atoms with E-state index in [1.54, 1.807) is 13.8 Å². The van der Waals surface area contributed by atoms with Crippen molar-refractivity contribution in [3.8, 4) is 5.75 Å². The van der Waals surface area contributed by atoms with Crippen LogP contribution in [0.5, 0.6) is 5.75 Å². The molecule has 1 saturated heterocycles. The fourth-order valence-electron chi connectivity index (χ4n) is 4.02. The molecule has 7 heteroatoms. The van der Waals surface area contributed by atoms with Crippen LogP contribution in [0.3, 0.4) is 0 Å². The highest BCUT2D eigenvalue weighted by Gasteiger charge is 2.41. The van der Waals surface area contributed by atoms with Crippen LogP contribution in [0.4, 0.5) is 5.69 Å². The molecule has 1 fully saturated rings. The summed E-state index contributed by atoms with van der Waals surface area (Å²) >= 11 is 6.39. The van der Waals surface area contributed by atoms with Gasteiger partial charge in [0.25, 0.3) is 0 Å². The number of amides is 1. The van der Waals surface area contributed by atoms with Gasteiger partial charge >= 0.3 is 0 Å². The number of aromatic nitrogens is 1. The van der Waals surface area contributed by atoms with Gasteiger partial charge in [-0.1, -0.05) is 11.6 Å². The van der Waals surface area contributed by atoms with Crippen LogP contribution in [-0.4, -0.2) is 59.8 Å². The number of aromatic hydroxyl groups is 1. The van der Waals surface area contributed by atoms with E-state index in [0.29, 0.717) is 42.8 Å². The summed E-state index contributed by atoms with van der Waals surface area (Å²) in [4.78, 5) is 19.8. The molecular formula is C19H26ClN3O3. The molecular weight excluding hydrogens is 354 g/mol. The lowest BCUT2D eigenvalue weighted by Crippen LogP contribution is -2.50. The number of carbonyl (C=O) groups excluding carboxylic acids is 1. The largest absolute Gasteiger partial charge is 0.504 e. The molecule has 0 saturated carbocycles. The van der Waals surface area contributed by atoms with Gasteiger partial charge in [0.1, 0.15) is 5.15 Å². The number of likely N-dealkylation sites (N-methyl/N-ethyl adjacent to an activating group) is 1. The third-order valence-corrected chi connectivity index (χ3v) is 5.73. The van der Waals surface area contributed by atoms with E-state index in [0.717, 1.165) is 24.0 Å². The number of anilines is 1. The number of nitrogens with zero attached hydrogens (tertiary/aromatic N) is 3. The lowest BCUT2D eigenvalue weighted by Gasteiger charge is -2.45. The van der Waals surface area contributed by atoms with E-state index < -0.39 is 5.60 Å². The lowest BCUT2D eigenvalue weighted by molar-refractivity contribution is -0.133. The van der Waals surface area contributed by atoms with Crippen molar-refractivity contribution in [3.05, 3.63) is 22.0 Å². The van der Waals surface area contributed by atoms with Gasteiger partial charge in [-0.3, -0.25) is 4.79 Å².